The number of aryl methyl sites for hydroxylation is 1. The van der Waals surface area contributed by atoms with E-state index in [1.54, 1.807) is 17.6 Å². The van der Waals surface area contributed by atoms with Gasteiger partial charge in [0.15, 0.2) is 0 Å². The fourth-order valence-electron chi connectivity index (χ4n) is 2.16. The normalized spacial score (nSPS) is 13.0. The van der Waals surface area contributed by atoms with Gasteiger partial charge < -0.3 is 4.42 Å². The molecule has 2 aromatic heterocycles. The highest BCUT2D eigenvalue weighted by molar-refractivity contribution is 7.12. The lowest BCUT2D eigenvalue weighted by Gasteiger charge is -2.12. The van der Waals surface area contributed by atoms with Crippen molar-refractivity contribution in [2.24, 2.45) is 5.84 Å². The topological polar surface area (TPSA) is 51.2 Å². The summed E-state index contributed by atoms with van der Waals surface area (Å²) in [5.41, 5.74) is 4.85. The van der Waals surface area contributed by atoms with Gasteiger partial charge in [0.1, 0.15) is 5.58 Å². The molecule has 0 bridgehead atoms. The van der Waals surface area contributed by atoms with E-state index in [1.165, 1.54) is 9.75 Å². The Bertz CT molecular complexity index is 671. The molecule has 1 unspecified atom stereocenters. The molecule has 3 rings (SSSR count). The summed E-state index contributed by atoms with van der Waals surface area (Å²) in [7, 11) is 0. The number of para-hydroxylation sites is 1. The van der Waals surface area contributed by atoms with Crippen molar-refractivity contribution in [3.63, 3.8) is 0 Å². The van der Waals surface area contributed by atoms with E-state index in [2.05, 4.69) is 30.5 Å². The van der Waals surface area contributed by atoms with Crippen LogP contribution in [0.4, 0.5) is 0 Å². The number of fused-ring (bicyclic) bond motifs is 1. The number of nitrogens with one attached hydrogen (secondary N) is 1. The summed E-state index contributed by atoms with van der Waals surface area (Å²) < 4.78 is 5.57. The fourth-order valence-corrected chi connectivity index (χ4v) is 3.11. The molecule has 3 aromatic rings. The second-order valence-electron chi connectivity index (χ2n) is 4.24. The van der Waals surface area contributed by atoms with E-state index in [0.29, 0.717) is 0 Å². The molecule has 0 aliphatic carbocycles. The van der Waals surface area contributed by atoms with Crippen LogP contribution in [0.15, 0.2) is 47.1 Å². The first-order valence-corrected chi connectivity index (χ1v) is 6.60. The Hall–Kier alpha value is -1.62. The molecule has 1 aromatic carbocycles. The fraction of sp³-hybridized carbons (Fsp3) is 0.143. The van der Waals surface area contributed by atoms with Gasteiger partial charge in [0.05, 0.1) is 12.3 Å². The summed E-state index contributed by atoms with van der Waals surface area (Å²) in [5, 5.41) is 1.10. The highest BCUT2D eigenvalue weighted by Crippen LogP contribution is 2.33. The van der Waals surface area contributed by atoms with E-state index < -0.39 is 0 Å². The zero-order valence-corrected chi connectivity index (χ0v) is 10.8. The molecule has 1 atom stereocenters. The smallest absolute Gasteiger partial charge is 0.134 e. The molecule has 0 spiro atoms. The van der Waals surface area contributed by atoms with Gasteiger partial charge in [-0.3, -0.25) is 5.84 Å². The summed E-state index contributed by atoms with van der Waals surface area (Å²) in [6.07, 6.45) is 1.78. The van der Waals surface area contributed by atoms with Crippen molar-refractivity contribution in [2.45, 2.75) is 13.0 Å². The molecular formula is C14H14N2OS. The summed E-state index contributed by atoms with van der Waals surface area (Å²) >= 11 is 1.74. The quantitative estimate of drug-likeness (QED) is 0.559. The van der Waals surface area contributed by atoms with Gasteiger partial charge in [-0.2, -0.15) is 0 Å². The van der Waals surface area contributed by atoms with Crippen LogP contribution in [-0.4, -0.2) is 0 Å². The van der Waals surface area contributed by atoms with Gasteiger partial charge in [-0.05, 0) is 25.1 Å². The molecule has 4 heteroatoms. The molecule has 0 aliphatic rings. The third-order valence-electron chi connectivity index (χ3n) is 3.03. The Morgan fingerprint density at radius 3 is 2.78 bits per heavy atom. The zero-order chi connectivity index (χ0) is 12.5. The summed E-state index contributed by atoms with van der Waals surface area (Å²) in [4.78, 5) is 2.47. The number of furan rings is 1. The number of rotatable bonds is 3. The van der Waals surface area contributed by atoms with E-state index in [0.717, 1.165) is 16.5 Å². The van der Waals surface area contributed by atoms with Crippen LogP contribution in [0.25, 0.3) is 11.0 Å². The van der Waals surface area contributed by atoms with Gasteiger partial charge in [0.25, 0.3) is 0 Å². The Labute approximate surface area is 109 Å². The zero-order valence-electron chi connectivity index (χ0n) is 10.0. The third kappa shape index (κ3) is 1.84. The van der Waals surface area contributed by atoms with Gasteiger partial charge in [-0.1, -0.05) is 18.2 Å². The summed E-state index contributed by atoms with van der Waals surface area (Å²) in [5.74, 6) is 5.71. The Kier molecular flexibility index (Phi) is 2.91. The molecular weight excluding hydrogens is 244 g/mol. The second kappa shape index (κ2) is 4.57. The Morgan fingerprint density at radius 1 is 1.22 bits per heavy atom. The minimum Gasteiger partial charge on any atom is -0.464 e. The summed E-state index contributed by atoms with van der Waals surface area (Å²) in [6, 6.07) is 12.2. The second-order valence-corrected chi connectivity index (χ2v) is 5.55. The van der Waals surface area contributed by atoms with Crippen LogP contribution in [0.5, 0.6) is 0 Å². The minimum absolute atomic E-state index is 0.0210. The van der Waals surface area contributed by atoms with Crippen molar-refractivity contribution in [3.05, 3.63) is 58.0 Å². The van der Waals surface area contributed by atoms with E-state index in [-0.39, 0.29) is 6.04 Å². The molecule has 0 radical (unpaired) electrons. The number of hydrazine groups is 1. The van der Waals surface area contributed by atoms with Gasteiger partial charge >= 0.3 is 0 Å². The van der Waals surface area contributed by atoms with E-state index in [1.807, 2.05) is 18.2 Å². The highest BCUT2D eigenvalue weighted by Gasteiger charge is 2.18. The van der Waals surface area contributed by atoms with Crippen LogP contribution in [-0.2, 0) is 0 Å². The molecule has 0 aliphatic heterocycles. The first kappa shape index (κ1) is 11.5. The average molecular weight is 258 g/mol. The molecule has 92 valence electrons. The minimum atomic E-state index is -0.0210. The number of benzene rings is 1. The first-order chi connectivity index (χ1) is 8.79. The van der Waals surface area contributed by atoms with E-state index >= 15 is 0 Å². The van der Waals surface area contributed by atoms with Crippen molar-refractivity contribution >= 4 is 22.3 Å². The Balaban J connectivity index is 2.11. The predicted octanol–water partition coefficient (Wildman–Crippen LogP) is 3.36. The molecule has 0 saturated heterocycles. The lowest BCUT2D eigenvalue weighted by molar-refractivity contribution is 0.589. The first-order valence-electron chi connectivity index (χ1n) is 5.78. The number of thiophene rings is 1. The highest BCUT2D eigenvalue weighted by atomic mass is 32.1. The molecule has 3 nitrogen and oxygen atoms in total. The molecule has 3 N–H and O–H groups in total. The molecule has 0 fully saturated rings. The third-order valence-corrected chi connectivity index (χ3v) is 4.10. The lowest BCUT2D eigenvalue weighted by atomic mass is 10.1. The number of hydrogen-bond donors (Lipinski definition) is 2. The maximum Gasteiger partial charge on any atom is 0.134 e. The monoisotopic (exact) mass is 258 g/mol. The van der Waals surface area contributed by atoms with Crippen LogP contribution < -0.4 is 11.3 Å². The van der Waals surface area contributed by atoms with Crippen molar-refractivity contribution in [1.29, 1.82) is 0 Å². The number of hydrogen-bond acceptors (Lipinski definition) is 4. The van der Waals surface area contributed by atoms with Crippen LogP contribution in [0.3, 0.4) is 0 Å². The van der Waals surface area contributed by atoms with Gasteiger partial charge in [0.2, 0.25) is 0 Å². The largest absolute Gasteiger partial charge is 0.464 e. The Morgan fingerprint density at radius 2 is 2.06 bits per heavy atom. The van der Waals surface area contributed by atoms with E-state index in [4.69, 9.17) is 10.3 Å². The molecule has 0 saturated carbocycles. The van der Waals surface area contributed by atoms with Crippen molar-refractivity contribution < 1.29 is 4.42 Å². The van der Waals surface area contributed by atoms with Crippen molar-refractivity contribution in [2.75, 3.05) is 0 Å². The van der Waals surface area contributed by atoms with E-state index in [9.17, 15) is 0 Å². The van der Waals surface area contributed by atoms with Gasteiger partial charge in [0, 0.05) is 20.7 Å². The van der Waals surface area contributed by atoms with Crippen LogP contribution in [0, 0.1) is 6.92 Å². The molecule has 2 heterocycles. The maximum atomic E-state index is 5.71. The average Bonchev–Trinajstić information content (AvgIpc) is 2.98. The van der Waals surface area contributed by atoms with Gasteiger partial charge in [-0.15, -0.1) is 11.3 Å². The lowest BCUT2D eigenvalue weighted by Crippen LogP contribution is -2.27. The SMILES string of the molecule is Cc1ccc(C(NN)c2coc3ccccc23)s1. The maximum absolute atomic E-state index is 5.71. The predicted molar refractivity (Wildman–Crippen MR) is 74.4 cm³/mol. The van der Waals surface area contributed by atoms with Crippen LogP contribution >= 0.6 is 11.3 Å². The van der Waals surface area contributed by atoms with Crippen molar-refractivity contribution in [1.82, 2.24) is 5.43 Å². The molecule has 0 amide bonds. The van der Waals surface area contributed by atoms with Crippen LogP contribution in [0.2, 0.25) is 0 Å². The molecule has 18 heavy (non-hydrogen) atoms. The van der Waals surface area contributed by atoms with Gasteiger partial charge in [-0.25, -0.2) is 5.43 Å². The standard InChI is InChI=1S/C14H14N2OS/c1-9-6-7-13(18-9)14(16-15)11-8-17-12-5-3-2-4-10(11)12/h2-8,14,16H,15H2,1H3. The van der Waals surface area contributed by atoms with Crippen LogP contribution in [0.1, 0.15) is 21.4 Å². The number of nitrogens with two attached hydrogens (primary N) is 1. The van der Waals surface area contributed by atoms with Crippen molar-refractivity contribution in [3.8, 4) is 0 Å². The summed E-state index contributed by atoms with van der Waals surface area (Å²) in [6.45, 7) is 2.09.